The van der Waals surface area contributed by atoms with E-state index >= 15 is 0 Å². The Hall–Kier alpha value is -2.39. The Kier molecular flexibility index (Phi) is 3.03. The van der Waals surface area contributed by atoms with E-state index in [9.17, 15) is 5.11 Å². The minimum atomic E-state index is 0.169. The summed E-state index contributed by atoms with van der Waals surface area (Å²) in [6, 6.07) is 8.41. The molecule has 2 rings (SSSR count). The van der Waals surface area contributed by atoms with Gasteiger partial charge in [-0.05, 0) is 24.3 Å². The minimum Gasteiger partial charge on any atom is -0.508 e. The molecule has 1 heterocycles. The SMILES string of the molecule is COCc1c(C#N)nnn1-c1ccc(O)cc1. The van der Waals surface area contributed by atoms with Crippen LogP contribution in [0.15, 0.2) is 24.3 Å². The molecule has 0 saturated heterocycles. The molecule has 0 amide bonds. The number of hydrogen-bond donors (Lipinski definition) is 1. The number of phenolic OH excluding ortho intramolecular Hbond substituents is 1. The molecule has 0 radical (unpaired) electrons. The molecule has 1 aromatic carbocycles. The summed E-state index contributed by atoms with van der Waals surface area (Å²) in [4.78, 5) is 0. The fourth-order valence-corrected chi connectivity index (χ4v) is 1.46. The Bertz CT molecular complexity index is 554. The van der Waals surface area contributed by atoms with Crippen molar-refractivity contribution in [2.45, 2.75) is 6.61 Å². The van der Waals surface area contributed by atoms with Gasteiger partial charge < -0.3 is 9.84 Å². The molecule has 0 aliphatic carbocycles. The quantitative estimate of drug-likeness (QED) is 0.850. The average Bonchev–Trinajstić information content (AvgIpc) is 2.74. The van der Waals surface area contributed by atoms with E-state index in [1.165, 1.54) is 11.8 Å². The average molecular weight is 230 g/mol. The highest BCUT2D eigenvalue weighted by atomic mass is 16.5. The molecule has 0 spiro atoms. The van der Waals surface area contributed by atoms with Crippen LogP contribution in [0, 0.1) is 11.3 Å². The van der Waals surface area contributed by atoms with Crippen LogP contribution in [-0.2, 0) is 11.3 Å². The normalized spacial score (nSPS) is 10.1. The number of nitriles is 1. The molecule has 86 valence electrons. The van der Waals surface area contributed by atoms with E-state index in [0.717, 1.165) is 0 Å². The summed E-state index contributed by atoms with van der Waals surface area (Å²) in [6.07, 6.45) is 0. The number of hydrogen-bond acceptors (Lipinski definition) is 5. The Balaban J connectivity index is 2.48. The molecule has 0 fully saturated rings. The molecule has 1 N–H and O–H groups in total. The van der Waals surface area contributed by atoms with Crippen LogP contribution in [-0.4, -0.2) is 27.2 Å². The van der Waals surface area contributed by atoms with Gasteiger partial charge in [0, 0.05) is 7.11 Å². The van der Waals surface area contributed by atoms with Crippen molar-refractivity contribution in [2.75, 3.05) is 7.11 Å². The van der Waals surface area contributed by atoms with E-state index < -0.39 is 0 Å². The second-order valence-corrected chi connectivity index (χ2v) is 3.36. The van der Waals surface area contributed by atoms with Crippen molar-refractivity contribution in [3.8, 4) is 17.5 Å². The predicted molar refractivity (Wildman–Crippen MR) is 58.5 cm³/mol. The van der Waals surface area contributed by atoms with Gasteiger partial charge in [-0.2, -0.15) is 5.26 Å². The van der Waals surface area contributed by atoms with E-state index in [-0.39, 0.29) is 18.1 Å². The van der Waals surface area contributed by atoms with E-state index in [2.05, 4.69) is 10.3 Å². The van der Waals surface area contributed by atoms with Gasteiger partial charge in [0.2, 0.25) is 0 Å². The number of nitrogens with zero attached hydrogens (tertiary/aromatic N) is 4. The minimum absolute atomic E-state index is 0.169. The third-order valence-electron chi connectivity index (χ3n) is 2.24. The molecular formula is C11H10N4O2. The first-order chi connectivity index (χ1) is 8.26. The summed E-state index contributed by atoms with van der Waals surface area (Å²) in [6.45, 7) is 0.247. The molecular weight excluding hydrogens is 220 g/mol. The summed E-state index contributed by atoms with van der Waals surface area (Å²) in [5, 5.41) is 25.7. The van der Waals surface area contributed by atoms with Gasteiger partial charge in [0.05, 0.1) is 12.3 Å². The zero-order chi connectivity index (χ0) is 12.3. The standard InChI is InChI=1S/C11H10N4O2/c1-17-7-11-10(6-12)13-14-15(11)8-2-4-9(16)5-3-8/h2-5,16H,7H2,1H3. The monoisotopic (exact) mass is 230 g/mol. The van der Waals surface area contributed by atoms with Gasteiger partial charge in [0.1, 0.15) is 17.5 Å². The van der Waals surface area contributed by atoms with E-state index in [0.29, 0.717) is 11.4 Å². The zero-order valence-corrected chi connectivity index (χ0v) is 9.16. The first kappa shape index (κ1) is 11.1. The molecule has 0 unspecified atom stereocenters. The second-order valence-electron chi connectivity index (χ2n) is 3.36. The van der Waals surface area contributed by atoms with Crippen molar-refractivity contribution in [3.63, 3.8) is 0 Å². The largest absolute Gasteiger partial charge is 0.508 e. The zero-order valence-electron chi connectivity index (χ0n) is 9.16. The number of methoxy groups -OCH3 is 1. The number of rotatable bonds is 3. The molecule has 2 aromatic rings. The summed E-state index contributed by atoms with van der Waals surface area (Å²) < 4.78 is 6.53. The lowest BCUT2D eigenvalue weighted by Crippen LogP contribution is -2.04. The predicted octanol–water partition coefficient (Wildman–Crippen LogP) is 0.991. The molecule has 6 heteroatoms. The third kappa shape index (κ3) is 2.09. The maximum atomic E-state index is 9.21. The van der Waals surface area contributed by atoms with Gasteiger partial charge >= 0.3 is 0 Å². The van der Waals surface area contributed by atoms with E-state index in [1.54, 1.807) is 24.3 Å². The Labute approximate surface area is 97.7 Å². The molecule has 0 atom stereocenters. The first-order valence-electron chi connectivity index (χ1n) is 4.89. The van der Waals surface area contributed by atoms with Gasteiger partial charge in [-0.3, -0.25) is 0 Å². The number of phenols is 1. The number of aromatic hydroxyl groups is 1. The van der Waals surface area contributed by atoms with Gasteiger partial charge in [0.15, 0.2) is 5.69 Å². The van der Waals surface area contributed by atoms with Crippen LogP contribution in [0.3, 0.4) is 0 Å². The number of ether oxygens (including phenoxy) is 1. The highest BCUT2D eigenvalue weighted by molar-refractivity contribution is 5.39. The van der Waals surface area contributed by atoms with Crippen LogP contribution in [0.4, 0.5) is 0 Å². The van der Waals surface area contributed by atoms with Crippen molar-refractivity contribution >= 4 is 0 Å². The highest BCUT2D eigenvalue weighted by Gasteiger charge is 2.13. The van der Waals surface area contributed by atoms with Crippen LogP contribution in [0.2, 0.25) is 0 Å². The molecule has 6 nitrogen and oxygen atoms in total. The van der Waals surface area contributed by atoms with Crippen molar-refractivity contribution in [2.24, 2.45) is 0 Å². The lowest BCUT2D eigenvalue weighted by atomic mass is 10.3. The fraction of sp³-hybridized carbons (Fsp3) is 0.182. The lowest BCUT2D eigenvalue weighted by molar-refractivity contribution is 0.179. The van der Waals surface area contributed by atoms with Crippen LogP contribution in [0.5, 0.6) is 5.75 Å². The van der Waals surface area contributed by atoms with Gasteiger partial charge in [-0.15, -0.1) is 5.10 Å². The summed E-state index contributed by atoms with van der Waals surface area (Å²) in [5.74, 6) is 0.169. The van der Waals surface area contributed by atoms with Crippen molar-refractivity contribution in [1.29, 1.82) is 5.26 Å². The van der Waals surface area contributed by atoms with Gasteiger partial charge in [0.25, 0.3) is 0 Å². The van der Waals surface area contributed by atoms with E-state index in [1.807, 2.05) is 6.07 Å². The molecule has 0 aliphatic heterocycles. The van der Waals surface area contributed by atoms with Crippen molar-refractivity contribution < 1.29 is 9.84 Å². The Morgan fingerprint density at radius 2 is 2.12 bits per heavy atom. The van der Waals surface area contributed by atoms with Crippen LogP contribution in [0.1, 0.15) is 11.4 Å². The maximum Gasteiger partial charge on any atom is 0.188 e. The van der Waals surface area contributed by atoms with Gasteiger partial charge in [-0.1, -0.05) is 5.21 Å². The fourth-order valence-electron chi connectivity index (χ4n) is 1.46. The summed E-state index contributed by atoms with van der Waals surface area (Å²) >= 11 is 0. The van der Waals surface area contributed by atoms with Crippen LogP contribution >= 0.6 is 0 Å². The molecule has 0 saturated carbocycles. The first-order valence-corrected chi connectivity index (χ1v) is 4.89. The molecule has 17 heavy (non-hydrogen) atoms. The van der Waals surface area contributed by atoms with Crippen molar-refractivity contribution in [1.82, 2.24) is 15.0 Å². The van der Waals surface area contributed by atoms with Crippen LogP contribution in [0.25, 0.3) is 5.69 Å². The Morgan fingerprint density at radius 1 is 1.41 bits per heavy atom. The second kappa shape index (κ2) is 4.63. The topological polar surface area (TPSA) is 84.0 Å². The van der Waals surface area contributed by atoms with Gasteiger partial charge in [-0.25, -0.2) is 4.68 Å². The number of benzene rings is 1. The molecule has 1 aromatic heterocycles. The summed E-state index contributed by atoms with van der Waals surface area (Å²) in [5.41, 5.74) is 1.53. The third-order valence-corrected chi connectivity index (χ3v) is 2.24. The lowest BCUT2D eigenvalue weighted by Gasteiger charge is -2.05. The van der Waals surface area contributed by atoms with Crippen molar-refractivity contribution in [3.05, 3.63) is 35.7 Å². The number of aromatic nitrogens is 3. The highest BCUT2D eigenvalue weighted by Crippen LogP contribution is 2.16. The smallest absolute Gasteiger partial charge is 0.188 e. The van der Waals surface area contributed by atoms with E-state index in [4.69, 9.17) is 10.00 Å². The van der Waals surface area contributed by atoms with Crippen LogP contribution < -0.4 is 0 Å². The molecule has 0 aliphatic rings. The maximum absolute atomic E-state index is 9.21. The molecule has 0 bridgehead atoms. The Morgan fingerprint density at radius 3 is 2.71 bits per heavy atom. The summed E-state index contributed by atoms with van der Waals surface area (Å²) in [7, 11) is 1.54.